The van der Waals surface area contributed by atoms with Crippen LogP contribution >= 0.6 is 0 Å². The summed E-state index contributed by atoms with van der Waals surface area (Å²) >= 11 is 0. The predicted molar refractivity (Wildman–Crippen MR) is 116 cm³/mol. The average molecular weight is 395 g/mol. The van der Waals surface area contributed by atoms with Gasteiger partial charge in [0, 0.05) is 23.9 Å². The molecule has 1 aliphatic carbocycles. The van der Waals surface area contributed by atoms with E-state index in [0.717, 1.165) is 36.5 Å². The highest BCUT2D eigenvalue weighted by molar-refractivity contribution is 5.75. The van der Waals surface area contributed by atoms with Crippen molar-refractivity contribution in [2.24, 2.45) is 0 Å². The first-order valence-corrected chi connectivity index (χ1v) is 10.5. The van der Waals surface area contributed by atoms with Crippen LogP contribution in [0.3, 0.4) is 0 Å². The minimum Gasteiger partial charge on any atom is -0.491 e. The Morgan fingerprint density at radius 2 is 1.97 bits per heavy atom. The first-order valence-electron chi connectivity index (χ1n) is 10.5. The van der Waals surface area contributed by atoms with Crippen LogP contribution in [-0.4, -0.2) is 48.2 Å². The summed E-state index contributed by atoms with van der Waals surface area (Å²) in [6.07, 6.45) is 8.53. The number of rotatable bonds is 8. The van der Waals surface area contributed by atoms with Crippen molar-refractivity contribution in [2.45, 2.75) is 39.5 Å². The molecule has 0 spiro atoms. The topological polar surface area (TPSA) is 59.5 Å². The molecule has 0 radical (unpaired) electrons. The highest BCUT2D eigenvalue weighted by atomic mass is 16.5. The molecule has 0 amide bonds. The third-order valence-electron chi connectivity index (χ3n) is 5.51. The number of aromatic nitrogens is 2. The normalized spacial score (nSPS) is 15.9. The molecule has 3 heterocycles. The number of hydrogen-bond acceptors (Lipinski definition) is 6. The first-order chi connectivity index (χ1) is 14.1. The molecule has 1 fully saturated rings. The van der Waals surface area contributed by atoms with E-state index in [9.17, 15) is 0 Å². The zero-order valence-electron chi connectivity index (χ0n) is 17.6. The number of pyridine rings is 2. The third-order valence-corrected chi connectivity index (χ3v) is 5.51. The highest BCUT2D eigenvalue weighted by Gasteiger charge is 2.17. The van der Waals surface area contributed by atoms with E-state index >= 15 is 0 Å². The van der Waals surface area contributed by atoms with E-state index < -0.39 is 0 Å². The van der Waals surface area contributed by atoms with Gasteiger partial charge >= 0.3 is 0 Å². The van der Waals surface area contributed by atoms with E-state index in [1.807, 2.05) is 13.0 Å². The quantitative estimate of drug-likeness (QED) is 0.671. The molecule has 1 saturated heterocycles. The van der Waals surface area contributed by atoms with Crippen molar-refractivity contribution in [3.05, 3.63) is 40.7 Å². The fraction of sp³-hybridized carbons (Fsp3) is 0.478. The molecule has 6 nitrogen and oxygen atoms in total. The second-order valence-electron chi connectivity index (χ2n) is 7.95. The lowest BCUT2D eigenvalue weighted by Gasteiger charge is -2.16. The Labute approximate surface area is 173 Å². The summed E-state index contributed by atoms with van der Waals surface area (Å²) in [6, 6.07) is 4.06. The lowest BCUT2D eigenvalue weighted by molar-refractivity contribution is 0.254. The van der Waals surface area contributed by atoms with Gasteiger partial charge < -0.3 is 19.7 Å². The van der Waals surface area contributed by atoms with Crippen molar-refractivity contribution in [3.63, 3.8) is 0 Å². The molecule has 2 aromatic heterocycles. The summed E-state index contributed by atoms with van der Waals surface area (Å²) in [5.41, 5.74) is 4.81. The Balaban J connectivity index is 1.45. The van der Waals surface area contributed by atoms with Crippen molar-refractivity contribution in [1.82, 2.24) is 14.9 Å². The van der Waals surface area contributed by atoms with E-state index in [1.165, 1.54) is 37.1 Å². The molecule has 0 aromatic carbocycles. The van der Waals surface area contributed by atoms with Crippen LogP contribution in [0.2, 0.25) is 0 Å². The van der Waals surface area contributed by atoms with Gasteiger partial charge in [-0.1, -0.05) is 11.6 Å². The van der Waals surface area contributed by atoms with Gasteiger partial charge in [0.15, 0.2) is 11.5 Å². The average Bonchev–Trinajstić information content (AvgIpc) is 3.34. The molecule has 4 rings (SSSR count). The predicted octanol–water partition coefficient (Wildman–Crippen LogP) is 4.36. The number of fused-ring (bicyclic) bond motifs is 1. The molecule has 0 saturated carbocycles. The fourth-order valence-electron chi connectivity index (χ4n) is 4.11. The molecule has 154 valence electrons. The van der Waals surface area contributed by atoms with Gasteiger partial charge in [0.05, 0.1) is 19.9 Å². The van der Waals surface area contributed by atoms with Gasteiger partial charge in [-0.25, -0.2) is 9.97 Å². The Hall–Kier alpha value is -2.60. The molecular weight excluding hydrogens is 364 g/mol. The molecule has 1 N–H and O–H groups in total. The second kappa shape index (κ2) is 8.82. The van der Waals surface area contributed by atoms with E-state index in [2.05, 4.69) is 34.3 Å². The maximum absolute atomic E-state index is 6.04. The third kappa shape index (κ3) is 4.70. The molecular formula is C23H30N4O2. The smallest absolute Gasteiger partial charge is 0.179 e. The second-order valence-corrected chi connectivity index (χ2v) is 7.95. The summed E-state index contributed by atoms with van der Waals surface area (Å²) < 4.78 is 11.5. The summed E-state index contributed by atoms with van der Waals surface area (Å²) in [4.78, 5) is 11.7. The fourth-order valence-corrected chi connectivity index (χ4v) is 4.11. The summed E-state index contributed by atoms with van der Waals surface area (Å²) in [5, 5.41) is 3.38. The Kier molecular flexibility index (Phi) is 6.00. The number of hydrogen-bond donors (Lipinski definition) is 1. The summed E-state index contributed by atoms with van der Waals surface area (Å²) in [7, 11) is 1.64. The van der Waals surface area contributed by atoms with Crippen molar-refractivity contribution < 1.29 is 9.47 Å². The number of allylic oxidation sites excluding steroid dienone is 1. The van der Waals surface area contributed by atoms with Crippen molar-refractivity contribution >= 4 is 17.7 Å². The number of nitrogens with one attached hydrogen (secondary N) is 1. The van der Waals surface area contributed by atoms with Crippen molar-refractivity contribution in [3.8, 4) is 11.5 Å². The lowest BCUT2D eigenvalue weighted by atomic mass is 10.1. The SMILES string of the molecule is COc1cnc(Nc2nc(C)cc3c2C=C(C)C3)cc1OCCCN1CCCC1. The van der Waals surface area contributed by atoms with Gasteiger partial charge in [-0.3, -0.25) is 0 Å². The zero-order valence-corrected chi connectivity index (χ0v) is 17.6. The molecule has 0 unspecified atom stereocenters. The maximum Gasteiger partial charge on any atom is 0.179 e. The number of nitrogens with zero attached hydrogens (tertiary/aromatic N) is 3. The van der Waals surface area contributed by atoms with Crippen molar-refractivity contribution in [1.29, 1.82) is 0 Å². The zero-order chi connectivity index (χ0) is 20.2. The number of likely N-dealkylation sites (tertiary alicyclic amines) is 1. The summed E-state index contributed by atoms with van der Waals surface area (Å²) in [6.45, 7) is 8.36. The molecule has 2 aromatic rings. The maximum atomic E-state index is 6.04. The van der Waals surface area contributed by atoms with Gasteiger partial charge in [0.25, 0.3) is 0 Å². The molecule has 29 heavy (non-hydrogen) atoms. The van der Waals surface area contributed by atoms with Gasteiger partial charge in [-0.15, -0.1) is 0 Å². The van der Waals surface area contributed by atoms with Crippen molar-refractivity contribution in [2.75, 3.05) is 38.7 Å². The summed E-state index contributed by atoms with van der Waals surface area (Å²) in [5.74, 6) is 2.91. The number of ether oxygens (including phenoxy) is 2. The minimum atomic E-state index is 0.648. The van der Waals surface area contributed by atoms with E-state index in [1.54, 1.807) is 13.3 Å². The molecule has 0 bridgehead atoms. The molecule has 2 aliphatic rings. The van der Waals surface area contributed by atoms with Gasteiger partial charge in [0.1, 0.15) is 11.6 Å². The first kappa shape index (κ1) is 19.7. The molecule has 1 aliphatic heterocycles. The van der Waals surface area contributed by atoms with Crippen LogP contribution in [0.4, 0.5) is 11.6 Å². The van der Waals surface area contributed by atoms with Crippen LogP contribution in [0, 0.1) is 6.92 Å². The van der Waals surface area contributed by atoms with Crippen LogP contribution in [0.25, 0.3) is 6.08 Å². The number of anilines is 2. The van der Waals surface area contributed by atoms with Gasteiger partial charge in [0.2, 0.25) is 0 Å². The van der Waals surface area contributed by atoms with Crippen LogP contribution < -0.4 is 14.8 Å². The highest BCUT2D eigenvalue weighted by Crippen LogP contribution is 2.34. The van der Waals surface area contributed by atoms with E-state index in [-0.39, 0.29) is 0 Å². The van der Waals surface area contributed by atoms with Crippen LogP contribution in [-0.2, 0) is 6.42 Å². The monoisotopic (exact) mass is 394 g/mol. The Morgan fingerprint density at radius 3 is 2.76 bits per heavy atom. The molecule has 6 heteroatoms. The number of aryl methyl sites for hydroxylation is 1. The standard InChI is InChI=1S/C23H30N4O2/c1-16-11-18-13-17(2)25-23(19(18)12-16)26-22-14-20(21(28-3)15-24-22)29-10-6-9-27-7-4-5-8-27/h12-15H,4-11H2,1-3H3,(H,24,25,26). The molecule has 0 atom stereocenters. The van der Waals surface area contributed by atoms with E-state index in [0.29, 0.717) is 23.9 Å². The van der Waals surface area contributed by atoms with E-state index in [4.69, 9.17) is 14.5 Å². The van der Waals surface area contributed by atoms with Crippen LogP contribution in [0.15, 0.2) is 23.9 Å². The van der Waals surface area contributed by atoms with Crippen LogP contribution in [0.1, 0.15) is 43.0 Å². The lowest BCUT2D eigenvalue weighted by Crippen LogP contribution is -2.22. The Bertz CT molecular complexity index is 904. The minimum absolute atomic E-state index is 0.648. The van der Waals surface area contributed by atoms with Gasteiger partial charge in [-0.05, 0) is 64.3 Å². The van der Waals surface area contributed by atoms with Crippen LogP contribution in [0.5, 0.6) is 11.5 Å². The number of methoxy groups -OCH3 is 1. The largest absolute Gasteiger partial charge is 0.491 e. The van der Waals surface area contributed by atoms with Gasteiger partial charge in [-0.2, -0.15) is 0 Å². The Morgan fingerprint density at radius 1 is 1.14 bits per heavy atom.